The summed E-state index contributed by atoms with van der Waals surface area (Å²) in [5, 5.41) is 16.7. The number of carbonyl (C=O) groups excluding carboxylic acids is 1. The van der Waals surface area contributed by atoms with Crippen LogP contribution in [-0.4, -0.2) is 44.7 Å². The molecule has 0 aromatic heterocycles. The van der Waals surface area contributed by atoms with Gasteiger partial charge in [0.1, 0.15) is 5.56 Å². The van der Waals surface area contributed by atoms with Crippen LogP contribution in [0.25, 0.3) is 0 Å². The Bertz CT molecular complexity index is 525. The molecule has 0 heterocycles. The summed E-state index contributed by atoms with van der Waals surface area (Å²) < 4.78 is 10.1. The number of nitrogens with zero attached hydrogens (tertiary/aromatic N) is 1. The second kappa shape index (κ2) is 9.80. The van der Waals surface area contributed by atoms with Gasteiger partial charge in [0.15, 0.2) is 11.5 Å². The van der Waals surface area contributed by atoms with Crippen LogP contribution in [0.5, 0.6) is 11.5 Å². The Labute approximate surface area is 134 Å². The topological polar surface area (TPSA) is 103 Å². The Kier molecular flexibility index (Phi) is 8.88. The standard InChI is InChI=1S/C13H19N3O5.ClH/c1-4-14-5-6-15-13(17)9-7-11(20-2)12(21-3)8-10(9)16(18)19;/h7-8,14H,4-6H2,1-3H3,(H,15,17);1H. The van der Waals surface area contributed by atoms with E-state index in [0.717, 1.165) is 6.54 Å². The fourth-order valence-corrected chi connectivity index (χ4v) is 1.74. The summed E-state index contributed by atoms with van der Waals surface area (Å²) in [7, 11) is 2.77. The highest BCUT2D eigenvalue weighted by molar-refractivity contribution is 5.99. The van der Waals surface area contributed by atoms with Crippen molar-refractivity contribution in [3.63, 3.8) is 0 Å². The van der Waals surface area contributed by atoms with Gasteiger partial charge in [0, 0.05) is 19.2 Å². The molecule has 1 aromatic carbocycles. The first-order valence-electron chi connectivity index (χ1n) is 6.44. The molecule has 0 aliphatic rings. The van der Waals surface area contributed by atoms with E-state index in [4.69, 9.17) is 9.47 Å². The van der Waals surface area contributed by atoms with Gasteiger partial charge < -0.3 is 20.1 Å². The van der Waals surface area contributed by atoms with Gasteiger partial charge >= 0.3 is 0 Å². The van der Waals surface area contributed by atoms with Crippen molar-refractivity contribution in [1.29, 1.82) is 0 Å². The molecular weight excluding hydrogens is 314 g/mol. The Morgan fingerprint density at radius 3 is 2.32 bits per heavy atom. The summed E-state index contributed by atoms with van der Waals surface area (Å²) >= 11 is 0. The van der Waals surface area contributed by atoms with Gasteiger partial charge in [-0.1, -0.05) is 6.92 Å². The molecular formula is C13H20ClN3O5. The Morgan fingerprint density at radius 1 is 1.23 bits per heavy atom. The highest BCUT2D eigenvalue weighted by atomic mass is 35.5. The largest absolute Gasteiger partial charge is 0.493 e. The lowest BCUT2D eigenvalue weighted by molar-refractivity contribution is -0.385. The number of hydrogen-bond acceptors (Lipinski definition) is 6. The number of nitro benzene ring substituents is 1. The van der Waals surface area contributed by atoms with E-state index in [1.165, 1.54) is 26.4 Å². The first-order valence-corrected chi connectivity index (χ1v) is 6.44. The third-order valence-electron chi connectivity index (χ3n) is 2.78. The van der Waals surface area contributed by atoms with Crippen molar-refractivity contribution >= 4 is 24.0 Å². The number of ether oxygens (including phenoxy) is 2. The number of nitro groups is 1. The maximum atomic E-state index is 12.1. The van der Waals surface area contributed by atoms with Crippen molar-refractivity contribution in [2.45, 2.75) is 6.92 Å². The minimum atomic E-state index is -0.624. The Morgan fingerprint density at radius 2 is 1.82 bits per heavy atom. The highest BCUT2D eigenvalue weighted by Gasteiger charge is 2.24. The lowest BCUT2D eigenvalue weighted by Crippen LogP contribution is -2.32. The molecule has 9 heteroatoms. The molecule has 1 rings (SSSR count). The fourth-order valence-electron chi connectivity index (χ4n) is 1.74. The number of nitrogens with one attached hydrogen (secondary N) is 2. The fraction of sp³-hybridized carbons (Fsp3) is 0.462. The molecule has 0 saturated carbocycles. The summed E-state index contributed by atoms with van der Waals surface area (Å²) in [6, 6.07) is 2.48. The Balaban J connectivity index is 0.00000441. The maximum Gasteiger partial charge on any atom is 0.286 e. The quantitative estimate of drug-likeness (QED) is 0.423. The SMILES string of the molecule is CCNCCNC(=O)c1cc(OC)c(OC)cc1[N+](=O)[O-].Cl. The zero-order valence-corrected chi connectivity index (χ0v) is 13.5. The van der Waals surface area contributed by atoms with Crippen molar-refractivity contribution in [2.75, 3.05) is 33.9 Å². The van der Waals surface area contributed by atoms with Crippen LogP contribution in [0.3, 0.4) is 0 Å². The molecule has 0 atom stereocenters. The number of amides is 1. The molecule has 0 saturated heterocycles. The molecule has 0 fully saturated rings. The van der Waals surface area contributed by atoms with E-state index >= 15 is 0 Å². The third-order valence-corrected chi connectivity index (χ3v) is 2.78. The molecule has 0 spiro atoms. The van der Waals surface area contributed by atoms with Crippen LogP contribution in [0.1, 0.15) is 17.3 Å². The zero-order chi connectivity index (χ0) is 15.8. The lowest BCUT2D eigenvalue weighted by Gasteiger charge is -2.11. The normalized spacial score (nSPS) is 9.59. The van der Waals surface area contributed by atoms with E-state index < -0.39 is 10.8 Å². The van der Waals surface area contributed by atoms with Crippen LogP contribution >= 0.6 is 12.4 Å². The highest BCUT2D eigenvalue weighted by Crippen LogP contribution is 2.34. The summed E-state index contributed by atoms with van der Waals surface area (Å²) in [4.78, 5) is 22.5. The Hall–Kier alpha value is -2.06. The summed E-state index contributed by atoms with van der Waals surface area (Å²) in [6.45, 7) is 3.69. The molecule has 8 nitrogen and oxygen atoms in total. The van der Waals surface area contributed by atoms with Gasteiger partial charge in [-0.05, 0) is 6.54 Å². The average Bonchev–Trinajstić information content (AvgIpc) is 2.49. The molecule has 124 valence electrons. The first-order chi connectivity index (χ1) is 10.0. The van der Waals surface area contributed by atoms with Gasteiger partial charge in [0.25, 0.3) is 11.6 Å². The minimum absolute atomic E-state index is 0. The number of carbonyl (C=O) groups is 1. The second-order valence-electron chi connectivity index (χ2n) is 4.09. The van der Waals surface area contributed by atoms with Crippen LogP contribution in [0.4, 0.5) is 5.69 Å². The van der Waals surface area contributed by atoms with E-state index in [2.05, 4.69) is 10.6 Å². The number of halogens is 1. The average molecular weight is 334 g/mol. The monoisotopic (exact) mass is 333 g/mol. The summed E-state index contributed by atoms with van der Waals surface area (Å²) in [6.07, 6.45) is 0. The number of methoxy groups -OCH3 is 2. The van der Waals surface area contributed by atoms with E-state index in [0.29, 0.717) is 13.1 Å². The lowest BCUT2D eigenvalue weighted by atomic mass is 10.1. The van der Waals surface area contributed by atoms with Crippen LogP contribution in [0.2, 0.25) is 0 Å². The number of rotatable bonds is 8. The summed E-state index contributed by atoms with van der Waals surface area (Å²) in [5.74, 6) is -0.0612. The van der Waals surface area contributed by atoms with Crippen LogP contribution in [-0.2, 0) is 0 Å². The van der Waals surface area contributed by atoms with Gasteiger partial charge in [-0.25, -0.2) is 0 Å². The smallest absolute Gasteiger partial charge is 0.286 e. The van der Waals surface area contributed by atoms with Crippen molar-refractivity contribution in [1.82, 2.24) is 10.6 Å². The van der Waals surface area contributed by atoms with Gasteiger partial charge in [-0.2, -0.15) is 0 Å². The molecule has 0 unspecified atom stereocenters. The van der Waals surface area contributed by atoms with Gasteiger partial charge in [-0.15, -0.1) is 12.4 Å². The molecule has 22 heavy (non-hydrogen) atoms. The molecule has 1 aromatic rings. The molecule has 0 radical (unpaired) electrons. The maximum absolute atomic E-state index is 12.1. The first kappa shape index (κ1) is 19.9. The minimum Gasteiger partial charge on any atom is -0.493 e. The van der Waals surface area contributed by atoms with Gasteiger partial charge in [-0.3, -0.25) is 14.9 Å². The number of benzene rings is 1. The third kappa shape index (κ3) is 5.05. The van der Waals surface area contributed by atoms with E-state index in [9.17, 15) is 14.9 Å². The van der Waals surface area contributed by atoms with E-state index in [1.807, 2.05) is 6.92 Å². The van der Waals surface area contributed by atoms with Crippen molar-refractivity contribution < 1.29 is 19.2 Å². The molecule has 0 aliphatic carbocycles. The molecule has 0 aliphatic heterocycles. The predicted octanol–water partition coefficient (Wildman–Crippen LogP) is 1.37. The predicted molar refractivity (Wildman–Crippen MR) is 84.3 cm³/mol. The molecule has 2 N–H and O–H groups in total. The van der Waals surface area contributed by atoms with E-state index in [1.54, 1.807) is 0 Å². The van der Waals surface area contributed by atoms with Crippen LogP contribution < -0.4 is 20.1 Å². The van der Waals surface area contributed by atoms with Crippen molar-refractivity contribution in [3.8, 4) is 11.5 Å². The van der Waals surface area contributed by atoms with Crippen LogP contribution in [0.15, 0.2) is 12.1 Å². The number of hydrogen-bond donors (Lipinski definition) is 2. The number of likely N-dealkylation sites (N-methyl/N-ethyl adjacent to an activating group) is 1. The van der Waals surface area contributed by atoms with Crippen molar-refractivity contribution in [2.24, 2.45) is 0 Å². The zero-order valence-electron chi connectivity index (χ0n) is 12.7. The van der Waals surface area contributed by atoms with E-state index in [-0.39, 0.29) is 35.2 Å². The van der Waals surface area contributed by atoms with Gasteiger partial charge in [0.05, 0.1) is 25.2 Å². The summed E-state index contributed by atoms with van der Waals surface area (Å²) in [5.41, 5.74) is -0.386. The van der Waals surface area contributed by atoms with Crippen molar-refractivity contribution in [3.05, 3.63) is 27.8 Å². The van der Waals surface area contributed by atoms with Crippen LogP contribution in [0, 0.1) is 10.1 Å². The molecule has 0 bridgehead atoms. The van der Waals surface area contributed by atoms with Gasteiger partial charge in [0.2, 0.25) is 0 Å². The second-order valence-corrected chi connectivity index (χ2v) is 4.09. The molecule has 1 amide bonds.